The third-order valence-corrected chi connectivity index (χ3v) is 6.23. The van der Waals surface area contributed by atoms with Crippen LogP contribution in [0.25, 0.3) is 11.1 Å². The number of carbonyl (C=O) groups is 2. The summed E-state index contributed by atoms with van der Waals surface area (Å²) < 4.78 is 5.87. The number of hydrogen-bond acceptors (Lipinski definition) is 5. The molecule has 1 saturated heterocycles. The molecule has 0 unspecified atom stereocenters. The summed E-state index contributed by atoms with van der Waals surface area (Å²) in [6.45, 7) is 3.54. The highest BCUT2D eigenvalue weighted by atomic mass is 35.5. The maximum Gasteiger partial charge on any atom is 0.337 e. The van der Waals surface area contributed by atoms with Gasteiger partial charge >= 0.3 is 5.97 Å². The van der Waals surface area contributed by atoms with E-state index < -0.39 is 5.97 Å². The average molecular weight is 478 g/mol. The molecule has 1 N–H and O–H groups in total. The lowest BCUT2D eigenvalue weighted by Gasteiger charge is -2.26. The number of nitrogens with zero attached hydrogens (tertiary/aromatic N) is 1. The van der Waals surface area contributed by atoms with Crippen LogP contribution in [0.3, 0.4) is 0 Å². The molecule has 1 aliphatic heterocycles. The molecule has 2 aromatic rings. The van der Waals surface area contributed by atoms with Gasteiger partial charge in [0.2, 0.25) is 0 Å². The minimum Gasteiger partial charge on any atom is -0.465 e. The van der Waals surface area contributed by atoms with Gasteiger partial charge in [-0.2, -0.15) is 0 Å². The molecule has 1 amide bonds. The second kappa shape index (κ2) is 11.2. The number of benzene rings is 1. The molecule has 1 aromatic carbocycles. The first-order valence-electron chi connectivity index (χ1n) is 9.17. The molecule has 0 aliphatic carbocycles. The summed E-state index contributed by atoms with van der Waals surface area (Å²) in [5.41, 5.74) is 2.01. The average Bonchev–Trinajstić information content (AvgIpc) is 3.05. The number of thiophene rings is 1. The Bertz CT molecular complexity index is 867. The van der Waals surface area contributed by atoms with Crippen molar-refractivity contribution in [3.63, 3.8) is 0 Å². The normalized spacial score (nSPS) is 14.2. The third-order valence-electron chi connectivity index (χ3n) is 4.75. The minimum atomic E-state index is -0.512. The van der Waals surface area contributed by atoms with Crippen molar-refractivity contribution in [3.05, 3.63) is 44.1 Å². The number of esters is 1. The molecule has 158 valence electrons. The highest BCUT2D eigenvalue weighted by Gasteiger charge is 2.17. The molecule has 1 aromatic heterocycles. The zero-order valence-corrected chi connectivity index (χ0v) is 19.1. The van der Waals surface area contributed by atoms with E-state index >= 15 is 0 Å². The van der Waals surface area contributed by atoms with E-state index in [4.69, 9.17) is 27.9 Å². The van der Waals surface area contributed by atoms with Crippen molar-refractivity contribution in [1.82, 2.24) is 10.2 Å². The van der Waals surface area contributed by atoms with Gasteiger partial charge in [-0.1, -0.05) is 29.6 Å². The van der Waals surface area contributed by atoms with Gasteiger partial charge in [0.25, 0.3) is 5.91 Å². The molecule has 3 rings (SSSR count). The first kappa shape index (κ1) is 24.0. The van der Waals surface area contributed by atoms with Gasteiger partial charge in [0, 0.05) is 24.2 Å². The van der Waals surface area contributed by atoms with E-state index in [1.807, 2.05) is 0 Å². The molecule has 0 saturated carbocycles. The smallest absolute Gasteiger partial charge is 0.337 e. The Labute approximate surface area is 190 Å². The Hall–Kier alpha value is -1.31. The molecule has 1 fully saturated rings. The highest BCUT2D eigenvalue weighted by Crippen LogP contribution is 2.38. The van der Waals surface area contributed by atoms with Crippen LogP contribution in [0.5, 0.6) is 0 Å². The fourth-order valence-corrected chi connectivity index (χ4v) is 4.81. The molecule has 5 nitrogen and oxygen atoms in total. The lowest BCUT2D eigenvalue weighted by atomic mass is 10.0. The van der Waals surface area contributed by atoms with Crippen molar-refractivity contribution < 1.29 is 14.3 Å². The summed E-state index contributed by atoms with van der Waals surface area (Å²) in [6.07, 6.45) is 3.70. The molecule has 0 atom stereocenters. The van der Waals surface area contributed by atoms with Crippen LogP contribution in [0.1, 0.15) is 40.0 Å². The lowest BCUT2D eigenvalue weighted by molar-refractivity contribution is 0.0601. The molecule has 1 aliphatic rings. The van der Waals surface area contributed by atoms with Crippen LogP contribution in [-0.4, -0.2) is 50.1 Å². The monoisotopic (exact) mass is 476 g/mol. The Morgan fingerprint density at radius 1 is 1.10 bits per heavy atom. The van der Waals surface area contributed by atoms with Crippen molar-refractivity contribution in [2.24, 2.45) is 0 Å². The second-order valence-corrected chi connectivity index (χ2v) is 8.97. The number of nitrogens with one attached hydrogen (secondary N) is 1. The van der Waals surface area contributed by atoms with Crippen molar-refractivity contribution in [3.8, 4) is 11.1 Å². The van der Waals surface area contributed by atoms with Gasteiger partial charge in [-0.3, -0.25) is 4.79 Å². The quantitative estimate of drug-likeness (QED) is 0.585. The SMILES string of the molecule is COC(=O)c1cc(C(=O)NCCN2CCCCC2)cc(-c2cc(Cl)sc2Cl)c1.Cl. The van der Waals surface area contributed by atoms with Gasteiger partial charge in [-0.05, 0) is 55.8 Å². The first-order chi connectivity index (χ1) is 13.5. The van der Waals surface area contributed by atoms with Crippen LogP contribution in [0.15, 0.2) is 24.3 Å². The Morgan fingerprint density at radius 2 is 1.79 bits per heavy atom. The van der Waals surface area contributed by atoms with Gasteiger partial charge < -0.3 is 15.0 Å². The zero-order valence-electron chi connectivity index (χ0n) is 16.0. The first-order valence-corrected chi connectivity index (χ1v) is 10.7. The Morgan fingerprint density at radius 3 is 2.41 bits per heavy atom. The predicted molar refractivity (Wildman–Crippen MR) is 121 cm³/mol. The molecule has 0 bridgehead atoms. The molecule has 9 heteroatoms. The molecule has 0 spiro atoms. The molecule has 0 radical (unpaired) electrons. The molecular formula is C20H23Cl3N2O3S. The lowest BCUT2D eigenvalue weighted by Crippen LogP contribution is -2.37. The largest absolute Gasteiger partial charge is 0.465 e. The predicted octanol–water partition coefficient (Wildman–Crippen LogP) is 5.15. The maximum absolute atomic E-state index is 12.7. The summed E-state index contributed by atoms with van der Waals surface area (Å²) in [6, 6.07) is 6.63. The van der Waals surface area contributed by atoms with Crippen molar-refractivity contribution in [2.75, 3.05) is 33.3 Å². The Balaban J connectivity index is 0.00000300. The summed E-state index contributed by atoms with van der Waals surface area (Å²) in [4.78, 5) is 27.1. The highest BCUT2D eigenvalue weighted by molar-refractivity contribution is 7.20. The van der Waals surface area contributed by atoms with Crippen molar-refractivity contribution in [2.45, 2.75) is 19.3 Å². The zero-order chi connectivity index (χ0) is 20.1. The van der Waals surface area contributed by atoms with E-state index in [1.165, 1.54) is 43.8 Å². The fourth-order valence-electron chi connectivity index (χ4n) is 3.30. The van der Waals surface area contributed by atoms with E-state index in [0.717, 1.165) is 19.6 Å². The maximum atomic E-state index is 12.7. The van der Waals surface area contributed by atoms with E-state index in [2.05, 4.69) is 10.2 Å². The van der Waals surface area contributed by atoms with E-state index in [1.54, 1.807) is 18.2 Å². The van der Waals surface area contributed by atoms with Crippen LogP contribution in [-0.2, 0) is 4.74 Å². The van der Waals surface area contributed by atoms with Crippen LogP contribution >= 0.6 is 46.9 Å². The number of hydrogen-bond donors (Lipinski definition) is 1. The number of rotatable bonds is 6. The summed E-state index contributed by atoms with van der Waals surface area (Å²) in [5.74, 6) is -0.747. The number of likely N-dealkylation sites (tertiary alicyclic amines) is 1. The van der Waals surface area contributed by atoms with Crippen LogP contribution in [0.4, 0.5) is 0 Å². The van der Waals surface area contributed by atoms with Gasteiger partial charge in [0.15, 0.2) is 0 Å². The topological polar surface area (TPSA) is 58.6 Å². The second-order valence-electron chi connectivity index (χ2n) is 6.69. The van der Waals surface area contributed by atoms with E-state index in [0.29, 0.717) is 37.5 Å². The fraction of sp³-hybridized carbons (Fsp3) is 0.400. The van der Waals surface area contributed by atoms with E-state index in [-0.39, 0.29) is 18.3 Å². The van der Waals surface area contributed by atoms with Crippen molar-refractivity contribution in [1.29, 1.82) is 0 Å². The van der Waals surface area contributed by atoms with Gasteiger partial charge in [0.05, 0.1) is 17.0 Å². The van der Waals surface area contributed by atoms with Crippen molar-refractivity contribution >= 4 is 58.8 Å². The third kappa shape index (κ3) is 6.33. The molecule has 2 heterocycles. The number of piperidine rings is 1. The summed E-state index contributed by atoms with van der Waals surface area (Å²) in [7, 11) is 1.31. The van der Waals surface area contributed by atoms with Crippen LogP contribution < -0.4 is 5.32 Å². The number of methoxy groups -OCH3 is 1. The number of amides is 1. The summed E-state index contributed by atoms with van der Waals surface area (Å²) >= 11 is 13.5. The van der Waals surface area contributed by atoms with Crippen LogP contribution in [0.2, 0.25) is 8.67 Å². The van der Waals surface area contributed by atoms with Gasteiger partial charge in [-0.25, -0.2) is 4.79 Å². The van der Waals surface area contributed by atoms with E-state index in [9.17, 15) is 9.59 Å². The standard InChI is InChI=1S/C20H22Cl2N2O3S.ClH/c1-27-20(26)15-10-13(16-12-17(21)28-18(16)22)9-14(11-15)19(25)23-5-8-24-6-3-2-4-7-24;/h9-12H,2-8H2,1H3,(H,23,25);1H. The number of carbonyl (C=O) groups excluding carboxylic acids is 2. The van der Waals surface area contributed by atoms with Gasteiger partial charge in [-0.15, -0.1) is 23.7 Å². The summed E-state index contributed by atoms with van der Waals surface area (Å²) in [5, 5.41) is 2.94. The molecule has 29 heavy (non-hydrogen) atoms. The van der Waals surface area contributed by atoms with Crippen LogP contribution in [0, 0.1) is 0 Å². The Kier molecular flexibility index (Phi) is 9.24. The number of ether oxygens (including phenoxy) is 1. The minimum absolute atomic E-state index is 0. The number of halogens is 3. The molecular weight excluding hydrogens is 455 g/mol. The van der Waals surface area contributed by atoms with Gasteiger partial charge in [0.1, 0.15) is 4.34 Å².